The van der Waals surface area contributed by atoms with Crippen LogP contribution in [-0.2, 0) is 16.1 Å². The zero-order chi connectivity index (χ0) is 16.4. The van der Waals surface area contributed by atoms with Crippen LogP contribution in [0.3, 0.4) is 0 Å². The average molecular weight is 307 g/mol. The zero-order valence-corrected chi connectivity index (χ0v) is 13.4. The van der Waals surface area contributed by atoms with E-state index < -0.39 is 6.03 Å². The fourth-order valence-electron chi connectivity index (χ4n) is 1.66. The van der Waals surface area contributed by atoms with Crippen LogP contribution in [0.15, 0.2) is 24.3 Å². The number of urea groups is 1. The highest BCUT2D eigenvalue weighted by Crippen LogP contribution is 2.12. The van der Waals surface area contributed by atoms with Gasteiger partial charge in [-0.15, -0.1) is 0 Å². The van der Waals surface area contributed by atoms with Gasteiger partial charge in [0.1, 0.15) is 0 Å². The van der Waals surface area contributed by atoms with Gasteiger partial charge in [-0.1, -0.05) is 19.1 Å². The fourth-order valence-corrected chi connectivity index (χ4v) is 1.66. The number of rotatable bonds is 8. The zero-order valence-electron chi connectivity index (χ0n) is 13.4. The van der Waals surface area contributed by atoms with Crippen molar-refractivity contribution < 1.29 is 14.3 Å². The Hall–Kier alpha value is -2.08. The van der Waals surface area contributed by atoms with Crippen molar-refractivity contribution in [2.75, 3.05) is 18.4 Å². The van der Waals surface area contributed by atoms with E-state index in [4.69, 9.17) is 4.74 Å². The van der Waals surface area contributed by atoms with Crippen LogP contribution in [0.4, 0.5) is 10.5 Å². The number of nitrogens with one attached hydrogen (secondary N) is 3. The van der Waals surface area contributed by atoms with E-state index in [0.717, 1.165) is 12.0 Å². The van der Waals surface area contributed by atoms with E-state index in [1.165, 1.54) is 0 Å². The quantitative estimate of drug-likeness (QED) is 0.689. The van der Waals surface area contributed by atoms with Gasteiger partial charge in [-0.3, -0.25) is 4.79 Å². The molecule has 0 aliphatic heterocycles. The Labute approximate surface area is 131 Å². The van der Waals surface area contributed by atoms with E-state index in [-0.39, 0.29) is 18.6 Å². The summed E-state index contributed by atoms with van der Waals surface area (Å²) in [5, 5.41) is 7.90. The van der Waals surface area contributed by atoms with Crippen LogP contribution in [0.2, 0.25) is 0 Å². The number of carbonyl (C=O) groups excluding carboxylic acids is 2. The molecule has 0 atom stereocenters. The molecule has 0 saturated carbocycles. The Kier molecular flexibility index (Phi) is 7.99. The minimum absolute atomic E-state index is 0.0397. The van der Waals surface area contributed by atoms with Crippen molar-refractivity contribution in [2.24, 2.45) is 0 Å². The summed E-state index contributed by atoms with van der Waals surface area (Å²) in [4.78, 5) is 23.1. The first-order chi connectivity index (χ1) is 10.5. The van der Waals surface area contributed by atoms with E-state index >= 15 is 0 Å². The molecule has 0 aliphatic carbocycles. The highest BCUT2D eigenvalue weighted by atomic mass is 16.5. The SMILES string of the molecule is CCCNC(=O)CNC(=O)Nc1cccc(COC(C)C)c1. The summed E-state index contributed by atoms with van der Waals surface area (Å²) in [6, 6.07) is 7.01. The molecular weight excluding hydrogens is 282 g/mol. The number of hydrogen-bond acceptors (Lipinski definition) is 3. The summed E-state index contributed by atoms with van der Waals surface area (Å²) in [6.45, 7) is 6.98. The molecule has 3 amide bonds. The van der Waals surface area contributed by atoms with Gasteiger partial charge >= 0.3 is 6.03 Å². The van der Waals surface area contributed by atoms with Crippen molar-refractivity contribution in [3.63, 3.8) is 0 Å². The molecule has 1 aromatic rings. The second kappa shape index (κ2) is 9.78. The topological polar surface area (TPSA) is 79.5 Å². The molecule has 122 valence electrons. The average Bonchev–Trinajstić information content (AvgIpc) is 2.49. The number of ether oxygens (including phenoxy) is 1. The summed E-state index contributed by atoms with van der Waals surface area (Å²) in [5.41, 5.74) is 1.64. The van der Waals surface area contributed by atoms with Gasteiger partial charge in [-0.25, -0.2) is 4.79 Å². The third-order valence-corrected chi connectivity index (χ3v) is 2.75. The van der Waals surface area contributed by atoms with Crippen molar-refractivity contribution in [3.05, 3.63) is 29.8 Å². The van der Waals surface area contributed by atoms with Gasteiger partial charge in [0.15, 0.2) is 0 Å². The summed E-state index contributed by atoms with van der Waals surface area (Å²) in [6.07, 6.45) is 1.02. The molecule has 0 aliphatic rings. The lowest BCUT2D eigenvalue weighted by Crippen LogP contribution is -2.39. The monoisotopic (exact) mass is 307 g/mol. The van der Waals surface area contributed by atoms with Crippen LogP contribution in [0.25, 0.3) is 0 Å². The Morgan fingerprint density at radius 2 is 2.00 bits per heavy atom. The molecule has 0 heterocycles. The molecule has 6 nitrogen and oxygen atoms in total. The number of anilines is 1. The van der Waals surface area contributed by atoms with Crippen LogP contribution in [0.5, 0.6) is 0 Å². The minimum Gasteiger partial charge on any atom is -0.374 e. The van der Waals surface area contributed by atoms with Crippen molar-refractivity contribution in [3.8, 4) is 0 Å². The highest BCUT2D eigenvalue weighted by molar-refractivity contribution is 5.92. The van der Waals surface area contributed by atoms with Gasteiger partial charge in [0.05, 0.1) is 19.3 Å². The van der Waals surface area contributed by atoms with Crippen molar-refractivity contribution in [1.82, 2.24) is 10.6 Å². The van der Waals surface area contributed by atoms with E-state index in [1.54, 1.807) is 6.07 Å². The Morgan fingerprint density at radius 3 is 2.68 bits per heavy atom. The lowest BCUT2D eigenvalue weighted by Gasteiger charge is -2.10. The first-order valence-electron chi connectivity index (χ1n) is 7.53. The van der Waals surface area contributed by atoms with Gasteiger partial charge < -0.3 is 20.7 Å². The minimum atomic E-state index is -0.409. The Morgan fingerprint density at radius 1 is 1.23 bits per heavy atom. The smallest absolute Gasteiger partial charge is 0.319 e. The number of amides is 3. The predicted molar refractivity (Wildman–Crippen MR) is 86.7 cm³/mol. The Balaban J connectivity index is 2.40. The number of hydrogen-bond donors (Lipinski definition) is 3. The third kappa shape index (κ3) is 7.64. The lowest BCUT2D eigenvalue weighted by molar-refractivity contribution is -0.120. The number of carbonyl (C=O) groups is 2. The molecule has 0 bridgehead atoms. The van der Waals surface area contributed by atoms with Crippen molar-refractivity contribution >= 4 is 17.6 Å². The predicted octanol–water partition coefficient (Wildman–Crippen LogP) is 2.26. The standard InChI is InChI=1S/C16H25N3O3/c1-4-8-17-15(20)10-18-16(21)19-14-7-5-6-13(9-14)11-22-12(2)3/h5-7,9,12H,4,8,10-11H2,1-3H3,(H,17,20)(H2,18,19,21). The van der Waals surface area contributed by atoms with Gasteiger partial charge in [-0.2, -0.15) is 0 Å². The second-order valence-electron chi connectivity index (χ2n) is 5.22. The molecule has 0 saturated heterocycles. The van der Waals surface area contributed by atoms with Crippen LogP contribution in [-0.4, -0.2) is 31.1 Å². The van der Waals surface area contributed by atoms with Crippen LogP contribution in [0, 0.1) is 0 Å². The van der Waals surface area contributed by atoms with E-state index in [0.29, 0.717) is 18.8 Å². The molecular formula is C16H25N3O3. The van der Waals surface area contributed by atoms with Crippen LogP contribution in [0.1, 0.15) is 32.8 Å². The lowest BCUT2D eigenvalue weighted by atomic mass is 10.2. The maximum Gasteiger partial charge on any atom is 0.319 e. The van der Waals surface area contributed by atoms with Gasteiger partial charge in [0.25, 0.3) is 0 Å². The molecule has 0 fully saturated rings. The molecule has 1 aromatic carbocycles. The maximum absolute atomic E-state index is 11.7. The van der Waals surface area contributed by atoms with Gasteiger partial charge in [-0.05, 0) is 38.0 Å². The van der Waals surface area contributed by atoms with Crippen LogP contribution < -0.4 is 16.0 Å². The van der Waals surface area contributed by atoms with Crippen molar-refractivity contribution in [1.29, 1.82) is 0 Å². The first kappa shape index (κ1) is 18.0. The molecule has 3 N–H and O–H groups in total. The maximum atomic E-state index is 11.7. The third-order valence-electron chi connectivity index (χ3n) is 2.75. The summed E-state index contributed by atoms with van der Waals surface area (Å²) in [7, 11) is 0. The molecule has 0 unspecified atom stereocenters. The van der Waals surface area contributed by atoms with E-state index in [9.17, 15) is 9.59 Å². The summed E-state index contributed by atoms with van der Waals surface area (Å²) in [5.74, 6) is -0.198. The van der Waals surface area contributed by atoms with E-state index in [2.05, 4.69) is 16.0 Å². The summed E-state index contributed by atoms with van der Waals surface area (Å²) < 4.78 is 5.52. The van der Waals surface area contributed by atoms with Crippen molar-refractivity contribution in [2.45, 2.75) is 39.9 Å². The first-order valence-corrected chi connectivity index (χ1v) is 7.53. The normalized spacial score (nSPS) is 10.4. The van der Waals surface area contributed by atoms with Gasteiger partial charge in [0, 0.05) is 12.2 Å². The Bertz CT molecular complexity index is 489. The summed E-state index contributed by atoms with van der Waals surface area (Å²) >= 11 is 0. The van der Waals surface area contributed by atoms with Gasteiger partial charge in [0.2, 0.25) is 5.91 Å². The second-order valence-corrected chi connectivity index (χ2v) is 5.22. The molecule has 6 heteroatoms. The molecule has 0 spiro atoms. The van der Waals surface area contributed by atoms with E-state index in [1.807, 2.05) is 39.0 Å². The molecule has 1 rings (SSSR count). The number of benzene rings is 1. The van der Waals surface area contributed by atoms with Crippen LogP contribution >= 0.6 is 0 Å². The molecule has 0 radical (unpaired) electrons. The highest BCUT2D eigenvalue weighted by Gasteiger charge is 2.05. The molecule has 22 heavy (non-hydrogen) atoms. The fraction of sp³-hybridized carbons (Fsp3) is 0.500. The molecule has 0 aromatic heterocycles. The largest absolute Gasteiger partial charge is 0.374 e.